The van der Waals surface area contributed by atoms with Gasteiger partial charge in [0.25, 0.3) is 5.24 Å². The van der Waals surface area contributed by atoms with Crippen LogP contribution in [-0.2, 0) is 6.61 Å². The first-order valence-electron chi connectivity index (χ1n) is 6.91. The molecule has 3 rings (SSSR count). The lowest BCUT2D eigenvalue weighted by Crippen LogP contribution is -1.99. The average molecular weight is 348 g/mol. The van der Waals surface area contributed by atoms with Crippen molar-refractivity contribution in [3.05, 3.63) is 71.4 Å². The van der Waals surface area contributed by atoms with Gasteiger partial charge < -0.3 is 4.74 Å². The molecule has 0 aliphatic heterocycles. The fraction of sp³-hybridized carbons (Fsp3) is 0.111. The Morgan fingerprint density at radius 1 is 1.13 bits per heavy atom. The largest absolute Gasteiger partial charge is 0.489 e. The fourth-order valence-corrected chi connectivity index (χ4v) is 2.48. The van der Waals surface area contributed by atoms with Crippen LogP contribution in [0.25, 0.3) is 10.9 Å². The summed E-state index contributed by atoms with van der Waals surface area (Å²) >= 11 is 5.42. The Labute approximate surface area is 145 Å². The number of para-hydroxylation sites is 1. The SMILES string of the molecule is Cc1cc(COc2ccc(C(=O)Cl)cc2)c2ccccc2n1.Cl. The first-order chi connectivity index (χ1) is 10.6. The molecule has 3 nitrogen and oxygen atoms in total. The van der Waals surface area contributed by atoms with Crippen LogP contribution in [-0.4, -0.2) is 10.2 Å². The minimum absolute atomic E-state index is 0. The van der Waals surface area contributed by atoms with Crippen molar-refractivity contribution < 1.29 is 9.53 Å². The maximum atomic E-state index is 11.0. The molecule has 0 N–H and O–H groups in total. The number of benzene rings is 2. The van der Waals surface area contributed by atoms with Gasteiger partial charge in [0.05, 0.1) is 5.52 Å². The van der Waals surface area contributed by atoms with Crippen LogP contribution in [0.3, 0.4) is 0 Å². The van der Waals surface area contributed by atoms with Crippen LogP contribution in [0.4, 0.5) is 0 Å². The minimum atomic E-state index is -0.470. The summed E-state index contributed by atoms with van der Waals surface area (Å²) in [5.74, 6) is 0.695. The second kappa shape index (κ2) is 7.44. The predicted molar refractivity (Wildman–Crippen MR) is 94.7 cm³/mol. The molecule has 0 amide bonds. The normalized spacial score (nSPS) is 10.2. The Morgan fingerprint density at radius 2 is 1.83 bits per heavy atom. The van der Waals surface area contributed by atoms with Crippen LogP contribution in [0.1, 0.15) is 21.6 Å². The number of hydrogen-bond donors (Lipinski definition) is 0. The van der Waals surface area contributed by atoms with Gasteiger partial charge in [-0.05, 0) is 54.9 Å². The average Bonchev–Trinajstić information content (AvgIpc) is 2.52. The summed E-state index contributed by atoms with van der Waals surface area (Å²) in [4.78, 5) is 15.6. The lowest BCUT2D eigenvalue weighted by atomic mass is 10.1. The standard InChI is InChI=1S/C18H14ClNO2.ClH/c1-12-10-14(16-4-2-3-5-17(16)20-12)11-22-15-8-6-13(7-9-15)18(19)21;/h2-10H,11H2,1H3;1H. The number of carbonyl (C=O) groups is 1. The summed E-state index contributed by atoms with van der Waals surface area (Å²) < 4.78 is 5.81. The molecular weight excluding hydrogens is 333 g/mol. The van der Waals surface area contributed by atoms with Crippen LogP contribution < -0.4 is 4.74 Å². The van der Waals surface area contributed by atoms with Gasteiger partial charge in [-0.25, -0.2) is 0 Å². The zero-order valence-corrected chi connectivity index (χ0v) is 14.0. The highest BCUT2D eigenvalue weighted by atomic mass is 35.5. The Hall–Kier alpha value is -2.10. The third-order valence-electron chi connectivity index (χ3n) is 3.41. The van der Waals surface area contributed by atoms with E-state index in [0.29, 0.717) is 17.9 Å². The van der Waals surface area contributed by atoms with Crippen molar-refractivity contribution in [2.45, 2.75) is 13.5 Å². The van der Waals surface area contributed by atoms with Crippen molar-refractivity contribution >= 4 is 40.2 Å². The van der Waals surface area contributed by atoms with Gasteiger partial charge >= 0.3 is 0 Å². The number of fused-ring (bicyclic) bond motifs is 1. The third-order valence-corrected chi connectivity index (χ3v) is 3.62. The van der Waals surface area contributed by atoms with E-state index in [-0.39, 0.29) is 12.4 Å². The molecule has 0 spiro atoms. The zero-order valence-electron chi connectivity index (χ0n) is 12.5. The summed E-state index contributed by atoms with van der Waals surface area (Å²) in [5, 5.41) is 0.614. The zero-order chi connectivity index (χ0) is 15.5. The molecule has 0 fully saturated rings. The first-order valence-corrected chi connectivity index (χ1v) is 7.29. The summed E-state index contributed by atoms with van der Waals surface area (Å²) in [6, 6.07) is 16.8. The second-order valence-electron chi connectivity index (χ2n) is 5.03. The van der Waals surface area contributed by atoms with Gasteiger partial charge in [0.1, 0.15) is 12.4 Å². The summed E-state index contributed by atoms with van der Waals surface area (Å²) in [6.07, 6.45) is 0. The van der Waals surface area contributed by atoms with E-state index < -0.39 is 5.24 Å². The molecule has 118 valence electrons. The molecule has 0 atom stereocenters. The van der Waals surface area contributed by atoms with E-state index in [2.05, 4.69) is 4.98 Å². The Balaban J connectivity index is 0.00000192. The maximum Gasteiger partial charge on any atom is 0.252 e. The van der Waals surface area contributed by atoms with E-state index in [9.17, 15) is 4.79 Å². The Kier molecular flexibility index (Phi) is 5.59. The minimum Gasteiger partial charge on any atom is -0.489 e. The second-order valence-corrected chi connectivity index (χ2v) is 5.37. The van der Waals surface area contributed by atoms with Gasteiger partial charge in [0, 0.05) is 22.2 Å². The number of hydrogen-bond acceptors (Lipinski definition) is 3. The van der Waals surface area contributed by atoms with Crippen LogP contribution in [0.5, 0.6) is 5.75 Å². The van der Waals surface area contributed by atoms with Gasteiger partial charge in [-0.15, -0.1) is 12.4 Å². The summed E-state index contributed by atoms with van der Waals surface area (Å²) in [7, 11) is 0. The van der Waals surface area contributed by atoms with E-state index in [1.165, 1.54) is 0 Å². The highest BCUT2D eigenvalue weighted by Gasteiger charge is 2.06. The van der Waals surface area contributed by atoms with Gasteiger partial charge in [0.2, 0.25) is 0 Å². The molecule has 0 bridgehead atoms. The van der Waals surface area contributed by atoms with Crippen molar-refractivity contribution in [1.82, 2.24) is 4.98 Å². The number of carbonyl (C=O) groups excluding carboxylic acids is 1. The molecule has 1 heterocycles. The number of aryl methyl sites for hydroxylation is 1. The number of aromatic nitrogens is 1. The lowest BCUT2D eigenvalue weighted by molar-refractivity contribution is 0.108. The lowest BCUT2D eigenvalue weighted by Gasteiger charge is -2.10. The quantitative estimate of drug-likeness (QED) is 0.628. The number of rotatable bonds is 4. The highest BCUT2D eigenvalue weighted by molar-refractivity contribution is 6.67. The van der Waals surface area contributed by atoms with Crippen molar-refractivity contribution in [3.63, 3.8) is 0 Å². The topological polar surface area (TPSA) is 39.2 Å². The molecular formula is C18H15Cl2NO2. The van der Waals surface area contributed by atoms with Gasteiger partial charge in [-0.2, -0.15) is 0 Å². The Bertz CT molecular complexity index is 832. The highest BCUT2D eigenvalue weighted by Crippen LogP contribution is 2.21. The smallest absolute Gasteiger partial charge is 0.252 e. The van der Waals surface area contributed by atoms with Crippen LogP contribution >= 0.6 is 24.0 Å². The van der Waals surface area contributed by atoms with Gasteiger partial charge in [-0.1, -0.05) is 18.2 Å². The van der Waals surface area contributed by atoms with E-state index >= 15 is 0 Å². The number of halogens is 2. The van der Waals surface area contributed by atoms with Crippen molar-refractivity contribution in [1.29, 1.82) is 0 Å². The summed E-state index contributed by atoms with van der Waals surface area (Å²) in [6.45, 7) is 2.41. The fourth-order valence-electron chi connectivity index (χ4n) is 2.36. The van der Waals surface area contributed by atoms with Crippen molar-refractivity contribution in [3.8, 4) is 5.75 Å². The maximum absolute atomic E-state index is 11.0. The first kappa shape index (κ1) is 17.3. The molecule has 23 heavy (non-hydrogen) atoms. The van der Waals surface area contributed by atoms with Crippen molar-refractivity contribution in [2.75, 3.05) is 0 Å². The molecule has 0 saturated carbocycles. The molecule has 3 aromatic rings. The molecule has 2 aromatic carbocycles. The molecule has 1 aromatic heterocycles. The van der Waals surface area contributed by atoms with Crippen LogP contribution in [0, 0.1) is 6.92 Å². The van der Waals surface area contributed by atoms with Crippen molar-refractivity contribution in [2.24, 2.45) is 0 Å². The number of ether oxygens (including phenoxy) is 1. The third kappa shape index (κ3) is 4.01. The molecule has 0 radical (unpaired) electrons. The van der Waals surface area contributed by atoms with E-state index in [4.69, 9.17) is 16.3 Å². The number of pyridine rings is 1. The molecule has 0 aliphatic rings. The van der Waals surface area contributed by atoms with E-state index in [0.717, 1.165) is 22.2 Å². The number of nitrogens with zero attached hydrogens (tertiary/aromatic N) is 1. The van der Waals surface area contributed by atoms with Gasteiger partial charge in [0.15, 0.2) is 0 Å². The monoisotopic (exact) mass is 347 g/mol. The van der Waals surface area contributed by atoms with Crippen LogP contribution in [0.2, 0.25) is 0 Å². The molecule has 5 heteroatoms. The molecule has 0 aliphatic carbocycles. The molecule has 0 saturated heterocycles. The summed E-state index contributed by atoms with van der Waals surface area (Å²) in [5.41, 5.74) is 3.46. The predicted octanol–water partition coefficient (Wildman–Crippen LogP) is 4.92. The van der Waals surface area contributed by atoms with Gasteiger partial charge in [-0.3, -0.25) is 9.78 Å². The van der Waals surface area contributed by atoms with E-state index in [1.54, 1.807) is 24.3 Å². The molecule has 0 unspecified atom stereocenters. The van der Waals surface area contributed by atoms with Crippen LogP contribution in [0.15, 0.2) is 54.6 Å². The Morgan fingerprint density at radius 3 is 2.52 bits per heavy atom. The van der Waals surface area contributed by atoms with E-state index in [1.807, 2.05) is 37.3 Å².